The van der Waals surface area contributed by atoms with Crippen molar-refractivity contribution in [1.29, 1.82) is 0 Å². The van der Waals surface area contributed by atoms with Crippen LogP contribution >= 0.6 is 0 Å². The number of nitrogens with one attached hydrogen (secondary N) is 2. The molecule has 0 saturated heterocycles. The largest absolute Gasteiger partial charge is 0.360 e. The molecule has 0 amide bonds. The third-order valence-corrected chi connectivity index (χ3v) is 3.84. The fourth-order valence-electron chi connectivity index (χ4n) is 2.51. The van der Waals surface area contributed by atoms with Crippen LogP contribution in [0.4, 0.5) is 23.0 Å². The third kappa shape index (κ3) is 4.43. The van der Waals surface area contributed by atoms with Gasteiger partial charge in [0.1, 0.15) is 6.33 Å². The molecule has 1 heterocycles. The first kappa shape index (κ1) is 18.0. The number of hydrogen-bond acceptors (Lipinski definition) is 7. The van der Waals surface area contributed by atoms with Crippen LogP contribution in [0.3, 0.4) is 0 Å². The second-order valence-electron chi connectivity index (χ2n) is 5.78. The molecule has 27 heavy (non-hydrogen) atoms. The van der Waals surface area contributed by atoms with Gasteiger partial charge >= 0.3 is 5.69 Å². The quantitative estimate of drug-likeness (QED) is 0.371. The fraction of sp³-hybridized carbons (Fsp3) is 0.105. The van der Waals surface area contributed by atoms with Crippen LogP contribution in [0.25, 0.3) is 0 Å². The molecule has 8 heteroatoms. The van der Waals surface area contributed by atoms with E-state index < -0.39 is 4.92 Å². The molecular formula is C19H17N5O3. The Labute approximate surface area is 155 Å². The lowest BCUT2D eigenvalue weighted by molar-refractivity contribution is -0.383. The summed E-state index contributed by atoms with van der Waals surface area (Å²) in [7, 11) is 0. The highest BCUT2D eigenvalue weighted by Crippen LogP contribution is 2.31. The highest BCUT2D eigenvalue weighted by molar-refractivity contribution is 5.95. The normalized spacial score (nSPS) is 10.3. The van der Waals surface area contributed by atoms with Gasteiger partial charge in [0, 0.05) is 17.8 Å². The monoisotopic (exact) mass is 363 g/mol. The van der Waals surface area contributed by atoms with Gasteiger partial charge in [-0.15, -0.1) is 0 Å². The molecule has 0 aliphatic carbocycles. The molecule has 136 valence electrons. The van der Waals surface area contributed by atoms with E-state index in [0.29, 0.717) is 17.8 Å². The van der Waals surface area contributed by atoms with Gasteiger partial charge in [0.2, 0.25) is 11.6 Å². The molecule has 0 unspecified atom stereocenters. The molecule has 0 spiro atoms. The lowest BCUT2D eigenvalue weighted by Gasteiger charge is -2.10. The maximum atomic E-state index is 11.6. The summed E-state index contributed by atoms with van der Waals surface area (Å²) < 4.78 is 0. The van der Waals surface area contributed by atoms with Crippen LogP contribution in [0.15, 0.2) is 60.9 Å². The molecule has 0 radical (unpaired) electrons. The average molecular weight is 363 g/mol. The number of benzene rings is 2. The first-order valence-corrected chi connectivity index (χ1v) is 8.20. The average Bonchev–Trinajstić information content (AvgIpc) is 2.67. The summed E-state index contributed by atoms with van der Waals surface area (Å²) in [5.74, 6) is 0.0661. The topological polar surface area (TPSA) is 110 Å². The van der Waals surface area contributed by atoms with E-state index in [2.05, 4.69) is 20.6 Å². The summed E-state index contributed by atoms with van der Waals surface area (Å²) in [5.41, 5.74) is 1.73. The summed E-state index contributed by atoms with van der Waals surface area (Å²) in [4.78, 5) is 30.6. The van der Waals surface area contributed by atoms with Gasteiger partial charge in [-0.2, -0.15) is 0 Å². The van der Waals surface area contributed by atoms with Gasteiger partial charge < -0.3 is 10.6 Å². The van der Waals surface area contributed by atoms with Gasteiger partial charge in [-0.25, -0.2) is 9.97 Å². The minimum Gasteiger partial charge on any atom is -0.360 e. The zero-order valence-electron chi connectivity index (χ0n) is 14.5. The lowest BCUT2D eigenvalue weighted by Crippen LogP contribution is -2.08. The Morgan fingerprint density at radius 1 is 1.07 bits per heavy atom. The minimum atomic E-state index is -0.537. The van der Waals surface area contributed by atoms with Crippen molar-refractivity contribution in [2.24, 2.45) is 0 Å². The summed E-state index contributed by atoms with van der Waals surface area (Å²) in [5, 5.41) is 17.5. The fourth-order valence-corrected chi connectivity index (χ4v) is 2.51. The molecule has 0 fully saturated rings. The van der Waals surface area contributed by atoms with E-state index in [1.54, 1.807) is 24.3 Å². The van der Waals surface area contributed by atoms with Crippen molar-refractivity contribution in [3.63, 3.8) is 0 Å². The Morgan fingerprint density at radius 3 is 2.52 bits per heavy atom. The Bertz CT molecular complexity index is 976. The van der Waals surface area contributed by atoms with Crippen molar-refractivity contribution in [3.8, 4) is 0 Å². The van der Waals surface area contributed by atoms with Crippen LogP contribution in [0.5, 0.6) is 0 Å². The maximum absolute atomic E-state index is 11.6. The van der Waals surface area contributed by atoms with Crippen molar-refractivity contribution < 1.29 is 9.72 Å². The van der Waals surface area contributed by atoms with E-state index in [1.807, 2.05) is 30.3 Å². The number of nitrogens with zero attached hydrogens (tertiary/aromatic N) is 3. The predicted molar refractivity (Wildman–Crippen MR) is 102 cm³/mol. The van der Waals surface area contributed by atoms with E-state index in [1.165, 1.54) is 13.3 Å². The zero-order chi connectivity index (χ0) is 19.2. The number of aromatic nitrogens is 2. The number of carbonyl (C=O) groups excluding carboxylic acids is 1. The van der Waals surface area contributed by atoms with E-state index in [0.717, 1.165) is 5.56 Å². The Hall–Kier alpha value is -3.81. The van der Waals surface area contributed by atoms with Crippen LogP contribution in [0.1, 0.15) is 22.8 Å². The van der Waals surface area contributed by atoms with E-state index in [4.69, 9.17) is 0 Å². The van der Waals surface area contributed by atoms with Crippen molar-refractivity contribution >= 4 is 28.8 Å². The second-order valence-corrected chi connectivity index (χ2v) is 5.78. The molecule has 0 atom stereocenters. The summed E-state index contributed by atoms with van der Waals surface area (Å²) >= 11 is 0. The van der Waals surface area contributed by atoms with Crippen LogP contribution in [-0.2, 0) is 6.54 Å². The SMILES string of the molecule is CC(=O)c1cccc(Nc2ncnc(NCc3ccccc3)c2[N+](=O)[O-])c1. The van der Waals surface area contributed by atoms with Gasteiger partial charge in [-0.3, -0.25) is 14.9 Å². The lowest BCUT2D eigenvalue weighted by atomic mass is 10.1. The van der Waals surface area contributed by atoms with Crippen LogP contribution in [-0.4, -0.2) is 20.7 Å². The first-order valence-electron chi connectivity index (χ1n) is 8.20. The molecular weight excluding hydrogens is 346 g/mol. The Morgan fingerprint density at radius 2 is 1.81 bits per heavy atom. The molecule has 0 aliphatic heterocycles. The van der Waals surface area contributed by atoms with E-state index in [9.17, 15) is 14.9 Å². The van der Waals surface area contributed by atoms with E-state index in [-0.39, 0.29) is 23.1 Å². The van der Waals surface area contributed by atoms with Gasteiger partial charge in [0.05, 0.1) is 4.92 Å². The number of ketones is 1. The second kappa shape index (κ2) is 8.05. The molecule has 2 aromatic carbocycles. The van der Waals surface area contributed by atoms with Gasteiger partial charge in [0.25, 0.3) is 0 Å². The van der Waals surface area contributed by atoms with Crippen molar-refractivity contribution in [1.82, 2.24) is 9.97 Å². The van der Waals surface area contributed by atoms with Gasteiger partial charge in [-0.05, 0) is 24.6 Å². The maximum Gasteiger partial charge on any atom is 0.353 e. The Balaban J connectivity index is 1.88. The molecule has 0 aliphatic rings. The third-order valence-electron chi connectivity index (χ3n) is 3.84. The molecule has 3 aromatic rings. The smallest absolute Gasteiger partial charge is 0.353 e. The van der Waals surface area contributed by atoms with Gasteiger partial charge in [0.15, 0.2) is 5.78 Å². The zero-order valence-corrected chi connectivity index (χ0v) is 14.5. The molecule has 2 N–H and O–H groups in total. The Kier molecular flexibility index (Phi) is 5.36. The molecule has 0 saturated carbocycles. The standard InChI is InChI=1S/C19H17N5O3/c1-13(25)15-8-5-9-16(10-15)23-19-17(24(26)27)18(21-12-22-19)20-11-14-6-3-2-4-7-14/h2-10,12H,11H2,1H3,(H2,20,21,22,23). The first-order chi connectivity index (χ1) is 13.0. The van der Waals surface area contributed by atoms with Crippen LogP contribution in [0, 0.1) is 10.1 Å². The van der Waals surface area contributed by atoms with Crippen molar-refractivity contribution in [3.05, 3.63) is 82.2 Å². The summed E-state index contributed by atoms with van der Waals surface area (Å²) in [6.45, 7) is 1.84. The number of nitro groups is 1. The summed E-state index contributed by atoms with van der Waals surface area (Å²) in [6.07, 6.45) is 1.25. The van der Waals surface area contributed by atoms with E-state index >= 15 is 0 Å². The van der Waals surface area contributed by atoms with Crippen molar-refractivity contribution in [2.75, 3.05) is 10.6 Å². The van der Waals surface area contributed by atoms with Crippen LogP contribution < -0.4 is 10.6 Å². The number of anilines is 3. The molecule has 8 nitrogen and oxygen atoms in total. The van der Waals surface area contributed by atoms with Gasteiger partial charge in [-0.1, -0.05) is 42.5 Å². The van der Waals surface area contributed by atoms with Crippen molar-refractivity contribution in [2.45, 2.75) is 13.5 Å². The molecule has 1 aromatic heterocycles. The number of carbonyl (C=O) groups is 1. The highest BCUT2D eigenvalue weighted by atomic mass is 16.6. The summed E-state index contributed by atoms with van der Waals surface area (Å²) in [6, 6.07) is 16.2. The van der Waals surface area contributed by atoms with Crippen LogP contribution in [0.2, 0.25) is 0 Å². The number of hydrogen-bond donors (Lipinski definition) is 2. The highest BCUT2D eigenvalue weighted by Gasteiger charge is 2.23. The number of rotatable bonds is 7. The molecule has 3 rings (SSSR count). The number of Topliss-reactive ketones (excluding diaryl/α,β-unsaturated/α-hetero) is 1. The minimum absolute atomic E-state index is 0.0475. The predicted octanol–water partition coefficient (Wildman–Crippen LogP) is 3.94. The molecule has 0 bridgehead atoms.